The van der Waals surface area contributed by atoms with E-state index in [0.717, 1.165) is 19.5 Å². The van der Waals surface area contributed by atoms with E-state index < -0.39 is 7.12 Å². The molecule has 3 N–H and O–H groups in total. The van der Waals surface area contributed by atoms with E-state index in [0.29, 0.717) is 40.6 Å². The molecule has 0 spiro atoms. The van der Waals surface area contributed by atoms with Gasteiger partial charge in [-0.15, -0.1) is 0 Å². The van der Waals surface area contributed by atoms with Gasteiger partial charge in [0, 0.05) is 29.3 Å². The van der Waals surface area contributed by atoms with Crippen LogP contribution in [-0.4, -0.2) is 57.7 Å². The molecule has 0 radical (unpaired) electrons. The second-order valence-electron chi connectivity index (χ2n) is 7.32. The summed E-state index contributed by atoms with van der Waals surface area (Å²) >= 11 is 9.27. The summed E-state index contributed by atoms with van der Waals surface area (Å²) in [7, 11) is -0.515. The minimum absolute atomic E-state index is 0.152. The normalized spacial score (nSPS) is 16.5. The summed E-state index contributed by atoms with van der Waals surface area (Å²) in [5, 5.41) is 9.31. The van der Waals surface area contributed by atoms with Gasteiger partial charge in [-0.25, -0.2) is 0 Å². The molecule has 1 fully saturated rings. The molecule has 0 aliphatic carbocycles. The third-order valence-corrected chi connectivity index (χ3v) is 5.25. The van der Waals surface area contributed by atoms with Crippen LogP contribution in [0.1, 0.15) is 37.0 Å². The second-order valence-corrected chi connectivity index (χ2v) is 8.61. The fraction of sp³-hybridized carbons (Fsp3) is 0.579. The molecule has 1 aromatic carbocycles. The van der Waals surface area contributed by atoms with Gasteiger partial charge in [0.15, 0.2) is 0 Å². The number of carbonyl (C=O) groups excluding carboxylic acids is 2. The molecule has 7 nitrogen and oxygen atoms in total. The number of benzene rings is 1. The Labute approximate surface area is 185 Å². The summed E-state index contributed by atoms with van der Waals surface area (Å²) in [6, 6.07) is 4.92. The molecule has 0 aromatic heterocycles. The summed E-state index contributed by atoms with van der Waals surface area (Å²) in [5.74, 6) is -0.631. The highest BCUT2D eigenvalue weighted by molar-refractivity contribution is 9.10. The molecule has 1 aliphatic heterocycles. The van der Waals surface area contributed by atoms with Crippen LogP contribution in [0, 0.1) is 5.92 Å². The van der Waals surface area contributed by atoms with Gasteiger partial charge in [0.05, 0.1) is 18.0 Å². The van der Waals surface area contributed by atoms with E-state index in [1.165, 1.54) is 0 Å². The quantitative estimate of drug-likeness (QED) is 0.513. The topological polar surface area (TPSA) is 88.7 Å². The third-order valence-electron chi connectivity index (χ3n) is 4.32. The fourth-order valence-electron chi connectivity index (χ4n) is 2.98. The first kappa shape index (κ1) is 24.1. The molecule has 1 aliphatic rings. The molecule has 160 valence electrons. The van der Waals surface area contributed by atoms with Crippen molar-refractivity contribution in [2.45, 2.75) is 32.6 Å². The standard InChI is InChI=1S/C19H28BBrClN3O4/c1-13(2)10-17(20-28-8-3-6-23-7-9-29-20)25-18(26)12-24-19(27)15-11-14(22)4-5-16(15)21/h4-5,11,13,17,23H,3,6-10,12H2,1-2H3,(H,24,27)(H,25,26)/t17-/m0/s1. The Morgan fingerprint density at radius 3 is 2.79 bits per heavy atom. The van der Waals surface area contributed by atoms with Crippen LogP contribution in [0.25, 0.3) is 0 Å². The first-order valence-electron chi connectivity index (χ1n) is 9.83. The zero-order valence-electron chi connectivity index (χ0n) is 16.8. The van der Waals surface area contributed by atoms with Crippen molar-refractivity contribution in [3.05, 3.63) is 33.3 Å². The van der Waals surface area contributed by atoms with Crippen molar-refractivity contribution in [1.82, 2.24) is 16.0 Å². The molecule has 2 rings (SSSR count). The first-order chi connectivity index (χ1) is 13.9. The van der Waals surface area contributed by atoms with Gasteiger partial charge in [0.25, 0.3) is 5.91 Å². The van der Waals surface area contributed by atoms with E-state index >= 15 is 0 Å². The van der Waals surface area contributed by atoms with Gasteiger partial charge in [0.2, 0.25) is 5.91 Å². The minimum atomic E-state index is -0.515. The lowest BCUT2D eigenvalue weighted by Gasteiger charge is -2.25. The summed E-state index contributed by atoms with van der Waals surface area (Å²) in [6.07, 6.45) is 1.59. The second kappa shape index (κ2) is 12.5. The minimum Gasteiger partial charge on any atom is -0.410 e. The van der Waals surface area contributed by atoms with Gasteiger partial charge < -0.3 is 25.3 Å². The van der Waals surface area contributed by atoms with Gasteiger partial charge in [-0.1, -0.05) is 25.4 Å². The summed E-state index contributed by atoms with van der Waals surface area (Å²) in [4.78, 5) is 24.9. The van der Waals surface area contributed by atoms with Crippen molar-refractivity contribution >= 4 is 46.5 Å². The van der Waals surface area contributed by atoms with Crippen LogP contribution in [0.15, 0.2) is 22.7 Å². The molecule has 1 heterocycles. The van der Waals surface area contributed by atoms with E-state index in [-0.39, 0.29) is 24.3 Å². The summed E-state index contributed by atoms with van der Waals surface area (Å²) in [6.45, 7) is 6.69. The lowest BCUT2D eigenvalue weighted by atomic mass is 9.73. The molecule has 0 unspecified atom stereocenters. The van der Waals surface area contributed by atoms with Crippen LogP contribution in [0.4, 0.5) is 0 Å². The van der Waals surface area contributed by atoms with Gasteiger partial charge in [0.1, 0.15) is 0 Å². The van der Waals surface area contributed by atoms with E-state index in [2.05, 4.69) is 45.7 Å². The fourth-order valence-corrected chi connectivity index (χ4v) is 3.58. The van der Waals surface area contributed by atoms with Crippen molar-refractivity contribution in [3.63, 3.8) is 0 Å². The monoisotopic (exact) mass is 487 g/mol. The average Bonchev–Trinajstić information content (AvgIpc) is 2.81. The SMILES string of the molecule is CC(C)C[C@H](NC(=O)CNC(=O)c1cc(Cl)ccc1Br)B1OCCCNCCO1. The van der Waals surface area contributed by atoms with Crippen LogP contribution in [0.5, 0.6) is 0 Å². The molecule has 0 saturated carbocycles. The molecule has 0 bridgehead atoms. The predicted octanol–water partition coefficient (Wildman–Crippen LogP) is 2.42. The van der Waals surface area contributed by atoms with Crippen molar-refractivity contribution in [1.29, 1.82) is 0 Å². The molecule has 1 saturated heterocycles. The van der Waals surface area contributed by atoms with E-state index in [9.17, 15) is 9.59 Å². The number of hydrogen-bond donors (Lipinski definition) is 3. The maximum Gasteiger partial charge on any atom is 0.480 e. The molecule has 1 atom stereocenters. The Hall–Kier alpha value is -1.13. The van der Waals surface area contributed by atoms with Gasteiger partial charge >= 0.3 is 7.12 Å². The van der Waals surface area contributed by atoms with E-state index in [1.807, 2.05) is 0 Å². The van der Waals surface area contributed by atoms with E-state index in [1.54, 1.807) is 18.2 Å². The Kier molecular flexibility index (Phi) is 10.4. The number of nitrogens with one attached hydrogen (secondary N) is 3. The Morgan fingerprint density at radius 1 is 1.28 bits per heavy atom. The van der Waals surface area contributed by atoms with Crippen molar-refractivity contribution in [3.8, 4) is 0 Å². The lowest BCUT2D eigenvalue weighted by molar-refractivity contribution is -0.120. The molecule has 2 amide bonds. The largest absolute Gasteiger partial charge is 0.480 e. The number of halogens is 2. The van der Waals surface area contributed by atoms with E-state index in [4.69, 9.17) is 20.9 Å². The average molecular weight is 489 g/mol. The van der Waals surface area contributed by atoms with Crippen LogP contribution in [0.2, 0.25) is 5.02 Å². The number of rotatable bonds is 7. The Morgan fingerprint density at radius 2 is 2.03 bits per heavy atom. The summed E-state index contributed by atoms with van der Waals surface area (Å²) in [5.41, 5.74) is 0.375. The number of amides is 2. The highest BCUT2D eigenvalue weighted by Crippen LogP contribution is 2.21. The van der Waals surface area contributed by atoms with Crippen LogP contribution in [-0.2, 0) is 14.1 Å². The van der Waals surface area contributed by atoms with Crippen molar-refractivity contribution < 1.29 is 18.9 Å². The Balaban J connectivity index is 1.94. The maximum absolute atomic E-state index is 12.5. The van der Waals surface area contributed by atoms with Gasteiger partial charge in [-0.2, -0.15) is 0 Å². The molecular weight excluding hydrogens is 460 g/mol. The lowest BCUT2D eigenvalue weighted by Crippen LogP contribution is -2.52. The molecule has 10 heteroatoms. The predicted molar refractivity (Wildman–Crippen MR) is 118 cm³/mol. The highest BCUT2D eigenvalue weighted by atomic mass is 79.9. The highest BCUT2D eigenvalue weighted by Gasteiger charge is 2.32. The van der Waals surface area contributed by atoms with Crippen LogP contribution < -0.4 is 16.0 Å². The number of hydrogen-bond acceptors (Lipinski definition) is 5. The molecule has 29 heavy (non-hydrogen) atoms. The van der Waals surface area contributed by atoms with Gasteiger partial charge in [-0.3, -0.25) is 9.59 Å². The Bertz CT molecular complexity index is 685. The summed E-state index contributed by atoms with van der Waals surface area (Å²) < 4.78 is 12.3. The van der Waals surface area contributed by atoms with Crippen LogP contribution in [0.3, 0.4) is 0 Å². The number of carbonyl (C=O) groups is 2. The first-order valence-corrected chi connectivity index (χ1v) is 11.0. The third kappa shape index (κ3) is 8.64. The van der Waals surface area contributed by atoms with Crippen molar-refractivity contribution in [2.75, 3.05) is 32.8 Å². The van der Waals surface area contributed by atoms with Crippen LogP contribution >= 0.6 is 27.5 Å². The van der Waals surface area contributed by atoms with Crippen molar-refractivity contribution in [2.24, 2.45) is 5.92 Å². The molecular formula is C19H28BBrClN3O4. The van der Waals surface area contributed by atoms with Gasteiger partial charge in [-0.05, 0) is 59.4 Å². The zero-order chi connectivity index (χ0) is 21.2. The zero-order valence-corrected chi connectivity index (χ0v) is 19.1. The maximum atomic E-state index is 12.5. The smallest absolute Gasteiger partial charge is 0.410 e. The molecule has 1 aromatic rings.